The van der Waals surface area contributed by atoms with E-state index in [0.29, 0.717) is 18.1 Å². The van der Waals surface area contributed by atoms with Crippen LogP contribution in [0.25, 0.3) is 0 Å². The zero-order valence-corrected chi connectivity index (χ0v) is 12.9. The number of hydrogen-bond donors (Lipinski definition) is 1. The molecule has 0 radical (unpaired) electrons. The molecule has 0 aromatic heterocycles. The molecule has 5 heteroatoms. The van der Waals surface area contributed by atoms with Crippen molar-refractivity contribution in [2.45, 2.75) is 26.8 Å². The number of hydrogen-bond acceptors (Lipinski definition) is 4. The highest BCUT2D eigenvalue weighted by molar-refractivity contribution is 9.10. The summed E-state index contributed by atoms with van der Waals surface area (Å²) < 4.78 is 11.9. The van der Waals surface area contributed by atoms with Gasteiger partial charge in [0.2, 0.25) is 0 Å². The minimum absolute atomic E-state index is 0.0138. The minimum atomic E-state index is 0.0138. The van der Waals surface area contributed by atoms with Gasteiger partial charge < -0.3 is 14.8 Å². The van der Waals surface area contributed by atoms with Gasteiger partial charge in [0.25, 0.3) is 0 Å². The molecule has 0 aliphatic heterocycles. The van der Waals surface area contributed by atoms with E-state index < -0.39 is 0 Å². The maximum absolute atomic E-state index is 8.58. The lowest BCUT2D eigenvalue weighted by Crippen LogP contribution is -2.14. The van der Waals surface area contributed by atoms with Crippen LogP contribution in [0, 0.1) is 11.3 Å². The first-order valence-corrected chi connectivity index (χ1v) is 7.17. The molecule has 0 unspecified atom stereocenters. The molecule has 104 valence electrons. The molecule has 0 heterocycles. The second kappa shape index (κ2) is 8.78. The Morgan fingerprint density at radius 2 is 2.00 bits per heavy atom. The molecule has 0 aliphatic rings. The van der Waals surface area contributed by atoms with Gasteiger partial charge in [-0.3, -0.25) is 0 Å². The molecule has 1 aromatic rings. The van der Waals surface area contributed by atoms with Gasteiger partial charge in [-0.15, -0.1) is 0 Å². The van der Waals surface area contributed by atoms with Crippen LogP contribution >= 0.6 is 15.9 Å². The van der Waals surface area contributed by atoms with Crippen LogP contribution in [0.5, 0.6) is 11.5 Å². The number of nitriles is 1. The summed E-state index contributed by atoms with van der Waals surface area (Å²) in [6.07, 6.45) is 1.10. The third-order valence-corrected chi connectivity index (χ3v) is 3.19. The Morgan fingerprint density at radius 1 is 1.26 bits per heavy atom. The number of nitrogens with zero attached hydrogens (tertiary/aromatic N) is 1. The van der Waals surface area contributed by atoms with Gasteiger partial charge in [-0.2, -0.15) is 5.26 Å². The molecule has 1 N–H and O–H groups in total. The van der Waals surface area contributed by atoms with E-state index in [4.69, 9.17) is 14.7 Å². The van der Waals surface area contributed by atoms with E-state index in [1.807, 2.05) is 25.1 Å². The predicted octanol–water partition coefficient (Wildman–Crippen LogP) is 3.25. The van der Waals surface area contributed by atoms with E-state index in [-0.39, 0.29) is 6.61 Å². The Balaban J connectivity index is 2.89. The third kappa shape index (κ3) is 5.09. The first-order chi connectivity index (χ1) is 9.22. The molecule has 4 nitrogen and oxygen atoms in total. The summed E-state index contributed by atoms with van der Waals surface area (Å²) in [5.41, 5.74) is 1.11. The van der Waals surface area contributed by atoms with Crippen LogP contribution in [-0.4, -0.2) is 19.8 Å². The van der Waals surface area contributed by atoms with Crippen molar-refractivity contribution in [1.82, 2.24) is 5.32 Å². The molecule has 0 saturated carbocycles. The summed E-state index contributed by atoms with van der Waals surface area (Å²) in [7, 11) is 0. The largest absolute Gasteiger partial charge is 0.490 e. The third-order valence-electron chi connectivity index (χ3n) is 2.45. The summed E-state index contributed by atoms with van der Waals surface area (Å²) in [5.74, 6) is 1.27. The Bertz CT molecular complexity index is 444. The molecule has 1 aromatic carbocycles. The van der Waals surface area contributed by atoms with Gasteiger partial charge in [-0.1, -0.05) is 22.9 Å². The summed E-state index contributed by atoms with van der Waals surface area (Å²) in [6, 6.07) is 5.76. The average molecular weight is 327 g/mol. The van der Waals surface area contributed by atoms with Crippen molar-refractivity contribution in [2.24, 2.45) is 0 Å². The lowest BCUT2D eigenvalue weighted by atomic mass is 10.2. The van der Waals surface area contributed by atoms with Crippen molar-refractivity contribution in [2.75, 3.05) is 19.8 Å². The molecule has 0 saturated heterocycles. The SMILES string of the molecule is CCCNCc1cc(OCC)c(OCC#N)cc1Br. The summed E-state index contributed by atoms with van der Waals surface area (Å²) in [4.78, 5) is 0. The van der Waals surface area contributed by atoms with Crippen molar-refractivity contribution in [1.29, 1.82) is 5.26 Å². The summed E-state index contributed by atoms with van der Waals surface area (Å²) >= 11 is 3.52. The maximum Gasteiger partial charge on any atom is 0.174 e. The van der Waals surface area contributed by atoms with Crippen LogP contribution < -0.4 is 14.8 Å². The molecule has 0 spiro atoms. The van der Waals surface area contributed by atoms with E-state index in [9.17, 15) is 0 Å². The van der Waals surface area contributed by atoms with Gasteiger partial charge in [0.15, 0.2) is 18.1 Å². The van der Waals surface area contributed by atoms with Gasteiger partial charge in [0.1, 0.15) is 6.07 Å². The van der Waals surface area contributed by atoms with Crippen LogP contribution in [0.1, 0.15) is 25.8 Å². The molecule has 19 heavy (non-hydrogen) atoms. The second-order valence-electron chi connectivity index (χ2n) is 3.95. The number of rotatable bonds is 8. The fraction of sp³-hybridized carbons (Fsp3) is 0.500. The highest BCUT2D eigenvalue weighted by Gasteiger charge is 2.10. The number of benzene rings is 1. The fourth-order valence-corrected chi connectivity index (χ4v) is 2.07. The molecule has 0 bridgehead atoms. The van der Waals surface area contributed by atoms with Crippen molar-refractivity contribution in [3.8, 4) is 17.6 Å². The quantitative estimate of drug-likeness (QED) is 0.745. The lowest BCUT2D eigenvalue weighted by molar-refractivity contribution is 0.298. The van der Waals surface area contributed by atoms with E-state index in [1.54, 1.807) is 0 Å². The standard InChI is InChI=1S/C14H19BrN2O2/c1-3-6-17-10-11-8-13(18-4-2)14(9-12(11)15)19-7-5-16/h8-9,17H,3-4,6-7,10H2,1-2H3. The van der Waals surface area contributed by atoms with Gasteiger partial charge >= 0.3 is 0 Å². The Kier molecular flexibility index (Phi) is 7.31. The zero-order chi connectivity index (χ0) is 14.1. The lowest BCUT2D eigenvalue weighted by Gasteiger charge is -2.14. The Labute approximate surface area is 122 Å². The van der Waals surface area contributed by atoms with E-state index >= 15 is 0 Å². The second-order valence-corrected chi connectivity index (χ2v) is 4.80. The maximum atomic E-state index is 8.58. The monoisotopic (exact) mass is 326 g/mol. The molecule has 0 fully saturated rings. The van der Waals surface area contributed by atoms with Gasteiger partial charge in [0.05, 0.1) is 6.61 Å². The van der Waals surface area contributed by atoms with Crippen LogP contribution in [-0.2, 0) is 6.54 Å². The fourth-order valence-electron chi connectivity index (χ4n) is 1.60. The average Bonchev–Trinajstić information content (AvgIpc) is 2.40. The summed E-state index contributed by atoms with van der Waals surface area (Å²) in [6.45, 7) is 6.38. The first-order valence-electron chi connectivity index (χ1n) is 6.38. The normalized spacial score (nSPS) is 10.0. The molecule has 1 rings (SSSR count). The van der Waals surface area contributed by atoms with E-state index in [0.717, 1.165) is 29.5 Å². The Hall–Kier alpha value is -1.25. The van der Waals surface area contributed by atoms with Gasteiger partial charge in [0, 0.05) is 11.0 Å². The topological polar surface area (TPSA) is 54.3 Å². The molecule has 0 aliphatic carbocycles. The van der Waals surface area contributed by atoms with Crippen molar-refractivity contribution >= 4 is 15.9 Å². The van der Waals surface area contributed by atoms with Crippen LogP contribution in [0.4, 0.5) is 0 Å². The zero-order valence-electron chi connectivity index (χ0n) is 11.3. The predicted molar refractivity (Wildman–Crippen MR) is 78.4 cm³/mol. The van der Waals surface area contributed by atoms with Crippen LogP contribution in [0.15, 0.2) is 16.6 Å². The summed E-state index contributed by atoms with van der Waals surface area (Å²) in [5, 5.41) is 11.9. The van der Waals surface area contributed by atoms with Crippen molar-refractivity contribution in [3.63, 3.8) is 0 Å². The molecular weight excluding hydrogens is 308 g/mol. The van der Waals surface area contributed by atoms with E-state index in [2.05, 4.69) is 28.2 Å². The van der Waals surface area contributed by atoms with Crippen LogP contribution in [0.3, 0.4) is 0 Å². The van der Waals surface area contributed by atoms with Crippen molar-refractivity contribution < 1.29 is 9.47 Å². The van der Waals surface area contributed by atoms with Gasteiger partial charge in [-0.05, 0) is 37.6 Å². The molecule has 0 atom stereocenters. The minimum Gasteiger partial charge on any atom is -0.490 e. The molecule has 0 amide bonds. The number of nitrogens with one attached hydrogen (secondary N) is 1. The van der Waals surface area contributed by atoms with Gasteiger partial charge in [-0.25, -0.2) is 0 Å². The number of ether oxygens (including phenoxy) is 2. The molecular formula is C14H19BrN2O2. The smallest absolute Gasteiger partial charge is 0.174 e. The first kappa shape index (κ1) is 15.8. The highest BCUT2D eigenvalue weighted by Crippen LogP contribution is 2.33. The van der Waals surface area contributed by atoms with Crippen LogP contribution in [0.2, 0.25) is 0 Å². The Morgan fingerprint density at radius 3 is 2.63 bits per heavy atom. The highest BCUT2D eigenvalue weighted by atomic mass is 79.9. The van der Waals surface area contributed by atoms with E-state index in [1.165, 1.54) is 0 Å². The van der Waals surface area contributed by atoms with Crippen molar-refractivity contribution in [3.05, 3.63) is 22.2 Å². The number of halogens is 1.